The number of halogens is 1. The largest absolute Gasteiger partial charge is 0.497 e. The molecular formula is C25H36IN7O. The van der Waals surface area contributed by atoms with Crippen molar-refractivity contribution in [2.75, 3.05) is 39.2 Å². The van der Waals surface area contributed by atoms with Crippen LogP contribution >= 0.6 is 24.0 Å². The van der Waals surface area contributed by atoms with Gasteiger partial charge in [0.2, 0.25) is 0 Å². The van der Waals surface area contributed by atoms with E-state index in [1.165, 1.54) is 11.3 Å². The summed E-state index contributed by atoms with van der Waals surface area (Å²) in [7, 11) is 7.82. The van der Waals surface area contributed by atoms with E-state index in [0.29, 0.717) is 6.54 Å². The summed E-state index contributed by atoms with van der Waals surface area (Å²) in [5.41, 5.74) is 2.41. The Kier molecular flexibility index (Phi) is 11.1. The maximum atomic E-state index is 5.27. The van der Waals surface area contributed by atoms with Gasteiger partial charge in [-0.2, -0.15) is 0 Å². The van der Waals surface area contributed by atoms with Crippen LogP contribution in [0, 0.1) is 6.92 Å². The van der Waals surface area contributed by atoms with E-state index in [9.17, 15) is 0 Å². The Morgan fingerprint density at radius 1 is 1.06 bits per heavy atom. The molecule has 1 N–H and O–H groups in total. The average molecular weight is 578 g/mol. The Bertz CT molecular complexity index is 1020. The molecule has 0 atom stereocenters. The Labute approximate surface area is 220 Å². The Morgan fingerprint density at radius 2 is 1.76 bits per heavy atom. The second-order valence-corrected chi connectivity index (χ2v) is 8.10. The van der Waals surface area contributed by atoms with E-state index in [1.54, 1.807) is 7.11 Å². The molecule has 0 saturated carbocycles. The third kappa shape index (κ3) is 7.89. The number of nitrogens with zero attached hydrogens (tertiary/aromatic N) is 6. The molecule has 184 valence electrons. The number of aryl methyl sites for hydroxylation is 1. The number of guanidine groups is 1. The zero-order chi connectivity index (χ0) is 23.6. The fraction of sp³-hybridized carbons (Fsp3) is 0.400. The quantitative estimate of drug-likeness (QED) is 0.171. The van der Waals surface area contributed by atoms with Gasteiger partial charge >= 0.3 is 0 Å². The van der Waals surface area contributed by atoms with E-state index in [4.69, 9.17) is 9.73 Å². The monoisotopic (exact) mass is 577 g/mol. The number of aliphatic imine (C=N–C) groups is 1. The normalized spacial score (nSPS) is 11.0. The third-order valence-corrected chi connectivity index (χ3v) is 5.64. The van der Waals surface area contributed by atoms with Crippen molar-refractivity contribution in [3.63, 3.8) is 0 Å². The molecule has 0 radical (unpaired) electrons. The SMILES string of the molecule is COc1ccc(CN(C)C(=NCc2nnc(C)n2C)NCCCN(C)c2ccccc2)cc1.I. The number of hydrogen-bond donors (Lipinski definition) is 1. The van der Waals surface area contributed by atoms with Crippen molar-refractivity contribution in [2.24, 2.45) is 12.0 Å². The molecule has 9 heteroatoms. The number of hydrogen-bond acceptors (Lipinski definition) is 5. The number of aromatic nitrogens is 3. The summed E-state index contributed by atoms with van der Waals surface area (Å²) in [6.45, 7) is 4.92. The predicted octanol–water partition coefficient (Wildman–Crippen LogP) is 3.85. The molecule has 3 rings (SSSR count). The van der Waals surface area contributed by atoms with Crippen LogP contribution in [-0.2, 0) is 20.1 Å². The van der Waals surface area contributed by atoms with Gasteiger partial charge in [-0.15, -0.1) is 34.2 Å². The maximum Gasteiger partial charge on any atom is 0.194 e. The highest BCUT2D eigenvalue weighted by molar-refractivity contribution is 14.0. The zero-order valence-corrected chi connectivity index (χ0v) is 23.1. The first-order valence-electron chi connectivity index (χ1n) is 11.2. The predicted molar refractivity (Wildman–Crippen MR) is 149 cm³/mol. The first-order chi connectivity index (χ1) is 16.0. The molecule has 0 aliphatic carbocycles. The Hall–Kier alpha value is -2.82. The van der Waals surface area contributed by atoms with E-state index in [-0.39, 0.29) is 24.0 Å². The molecule has 8 nitrogen and oxygen atoms in total. The van der Waals surface area contributed by atoms with Crippen molar-refractivity contribution in [1.82, 2.24) is 25.0 Å². The van der Waals surface area contributed by atoms with Crippen LogP contribution in [-0.4, -0.2) is 59.9 Å². The molecule has 0 aliphatic heterocycles. The van der Waals surface area contributed by atoms with Gasteiger partial charge in [0, 0.05) is 46.5 Å². The molecule has 0 amide bonds. The van der Waals surface area contributed by atoms with Gasteiger partial charge in [0.05, 0.1) is 7.11 Å². The lowest BCUT2D eigenvalue weighted by Gasteiger charge is -2.24. The topological polar surface area (TPSA) is 70.8 Å². The van der Waals surface area contributed by atoms with E-state index in [2.05, 4.69) is 68.8 Å². The summed E-state index contributed by atoms with van der Waals surface area (Å²) in [4.78, 5) is 9.24. The maximum absolute atomic E-state index is 5.27. The van der Waals surface area contributed by atoms with Gasteiger partial charge in [0.15, 0.2) is 11.8 Å². The molecule has 0 bridgehead atoms. The number of ether oxygens (including phenoxy) is 1. The average Bonchev–Trinajstić information content (AvgIpc) is 3.16. The van der Waals surface area contributed by atoms with Crippen LogP contribution < -0.4 is 15.0 Å². The van der Waals surface area contributed by atoms with Gasteiger partial charge in [-0.3, -0.25) is 0 Å². The van der Waals surface area contributed by atoms with Crippen molar-refractivity contribution in [3.05, 3.63) is 71.8 Å². The lowest BCUT2D eigenvalue weighted by Crippen LogP contribution is -2.39. The van der Waals surface area contributed by atoms with Crippen LogP contribution in [0.2, 0.25) is 0 Å². The van der Waals surface area contributed by atoms with E-state index in [0.717, 1.165) is 49.4 Å². The highest BCUT2D eigenvalue weighted by Gasteiger charge is 2.10. The minimum absolute atomic E-state index is 0. The summed E-state index contributed by atoms with van der Waals surface area (Å²) in [5.74, 6) is 3.42. The second kappa shape index (κ2) is 13.8. The summed E-state index contributed by atoms with van der Waals surface area (Å²) in [5, 5.41) is 11.9. The molecule has 0 saturated heterocycles. The highest BCUT2D eigenvalue weighted by Crippen LogP contribution is 2.13. The molecule has 2 aromatic carbocycles. The molecule has 3 aromatic rings. The molecule has 0 aliphatic rings. The van der Waals surface area contributed by atoms with Gasteiger partial charge in [-0.25, -0.2) is 4.99 Å². The van der Waals surface area contributed by atoms with E-state index >= 15 is 0 Å². The van der Waals surface area contributed by atoms with Crippen LogP contribution in [0.3, 0.4) is 0 Å². The van der Waals surface area contributed by atoms with Gasteiger partial charge in [-0.05, 0) is 43.2 Å². The third-order valence-electron chi connectivity index (χ3n) is 5.64. The zero-order valence-electron chi connectivity index (χ0n) is 20.7. The number of para-hydroxylation sites is 1. The van der Waals surface area contributed by atoms with Gasteiger partial charge in [0.25, 0.3) is 0 Å². The Morgan fingerprint density at radius 3 is 2.38 bits per heavy atom. The summed E-state index contributed by atoms with van der Waals surface area (Å²) < 4.78 is 7.24. The lowest BCUT2D eigenvalue weighted by molar-refractivity contribution is 0.414. The summed E-state index contributed by atoms with van der Waals surface area (Å²) in [6.07, 6.45) is 0.990. The molecule has 0 spiro atoms. The van der Waals surface area contributed by atoms with Crippen LogP contribution in [0.25, 0.3) is 0 Å². The van der Waals surface area contributed by atoms with Crippen LogP contribution in [0.5, 0.6) is 5.75 Å². The fourth-order valence-electron chi connectivity index (χ4n) is 3.45. The molecule has 0 fully saturated rings. The van der Waals surface area contributed by atoms with Crippen molar-refractivity contribution in [2.45, 2.75) is 26.4 Å². The minimum Gasteiger partial charge on any atom is -0.497 e. The van der Waals surface area contributed by atoms with Gasteiger partial charge in [-0.1, -0.05) is 30.3 Å². The molecule has 0 unspecified atom stereocenters. The van der Waals surface area contributed by atoms with Crippen molar-refractivity contribution in [3.8, 4) is 5.75 Å². The van der Waals surface area contributed by atoms with Crippen molar-refractivity contribution < 1.29 is 4.74 Å². The fourth-order valence-corrected chi connectivity index (χ4v) is 3.45. The summed E-state index contributed by atoms with van der Waals surface area (Å²) >= 11 is 0. The number of benzene rings is 2. The number of rotatable bonds is 10. The van der Waals surface area contributed by atoms with E-state index < -0.39 is 0 Å². The smallest absolute Gasteiger partial charge is 0.194 e. The summed E-state index contributed by atoms with van der Waals surface area (Å²) in [6, 6.07) is 18.6. The minimum atomic E-state index is 0. The van der Waals surface area contributed by atoms with Crippen molar-refractivity contribution >= 4 is 35.6 Å². The standard InChI is InChI=1S/C25H35N7O.HI/c1-20-28-29-24(32(20)4)18-27-25(31(3)19-21-12-14-23(33-5)15-13-21)26-16-9-17-30(2)22-10-7-6-8-11-22;/h6-8,10-15H,9,16-19H2,1-5H3,(H,26,27);1H. The second-order valence-electron chi connectivity index (χ2n) is 8.10. The first-order valence-corrected chi connectivity index (χ1v) is 11.2. The number of nitrogens with one attached hydrogen (secondary N) is 1. The lowest BCUT2D eigenvalue weighted by atomic mass is 10.2. The van der Waals surface area contributed by atoms with Crippen molar-refractivity contribution in [1.29, 1.82) is 0 Å². The highest BCUT2D eigenvalue weighted by atomic mass is 127. The molecule has 34 heavy (non-hydrogen) atoms. The first kappa shape index (κ1) is 27.4. The van der Waals surface area contributed by atoms with Gasteiger partial charge < -0.3 is 24.4 Å². The molecular weight excluding hydrogens is 541 g/mol. The number of anilines is 1. The van der Waals surface area contributed by atoms with E-state index in [1.807, 2.05) is 43.8 Å². The number of methoxy groups -OCH3 is 1. The van der Waals surface area contributed by atoms with Crippen LogP contribution in [0.4, 0.5) is 5.69 Å². The van der Waals surface area contributed by atoms with Crippen LogP contribution in [0.15, 0.2) is 59.6 Å². The molecule has 1 aromatic heterocycles. The molecule has 1 heterocycles. The van der Waals surface area contributed by atoms with Gasteiger partial charge in [0.1, 0.15) is 18.1 Å². The Balaban J connectivity index is 0.00000408. The van der Waals surface area contributed by atoms with Crippen LogP contribution in [0.1, 0.15) is 23.6 Å².